The van der Waals surface area contributed by atoms with Gasteiger partial charge in [0.15, 0.2) is 0 Å². The Bertz CT molecular complexity index is 538. The molecule has 0 aliphatic rings. The minimum Gasteiger partial charge on any atom is -0.299 e. The lowest BCUT2D eigenvalue weighted by Crippen LogP contribution is -2.70. The fraction of sp³-hybridized carbons (Fsp3) is 0.917. The highest BCUT2D eigenvalue weighted by molar-refractivity contribution is 5.84. The molecule has 0 atom stereocenters. The first-order valence-electron chi connectivity index (χ1n) is 6.37. The molecule has 0 aliphatic heterocycles. The van der Waals surface area contributed by atoms with Crippen LogP contribution >= 0.6 is 0 Å². The molecule has 0 spiro atoms. The highest BCUT2D eigenvalue weighted by atomic mass is 19.4. The Balaban J connectivity index is 6.21. The molecule has 14 heteroatoms. The Morgan fingerprint density at radius 3 is 1.15 bits per heavy atom. The first-order valence-corrected chi connectivity index (χ1v) is 6.37. The van der Waals surface area contributed by atoms with Gasteiger partial charge in [-0.2, -0.15) is 57.1 Å². The van der Waals surface area contributed by atoms with Crippen LogP contribution in [0.2, 0.25) is 0 Å². The van der Waals surface area contributed by atoms with Crippen molar-refractivity contribution >= 4 is 5.78 Å². The van der Waals surface area contributed by atoms with Crippen molar-refractivity contribution in [3.05, 3.63) is 0 Å². The van der Waals surface area contributed by atoms with Crippen molar-refractivity contribution in [1.82, 2.24) is 0 Å². The van der Waals surface area contributed by atoms with Crippen molar-refractivity contribution in [1.29, 1.82) is 0 Å². The van der Waals surface area contributed by atoms with Gasteiger partial charge in [-0.15, -0.1) is 0 Å². The largest absolute Gasteiger partial charge is 0.460 e. The van der Waals surface area contributed by atoms with Crippen molar-refractivity contribution in [2.75, 3.05) is 0 Å². The van der Waals surface area contributed by atoms with Gasteiger partial charge in [0.25, 0.3) is 0 Å². The average molecular weight is 418 g/mol. The zero-order chi connectivity index (χ0) is 21.8. The minimum absolute atomic E-state index is 0.855. The Kier molecular flexibility index (Phi) is 5.85. The van der Waals surface area contributed by atoms with Crippen LogP contribution in [0.5, 0.6) is 0 Å². The van der Waals surface area contributed by atoms with Gasteiger partial charge in [0, 0.05) is 5.41 Å². The Labute approximate surface area is 137 Å². The standard InChI is InChI=1S/C12H11F13O/c1-6(2,3)5(26)4-7(13,14)8(15,16)9(17,18)10(19,20)11(21,22)12(23,24)25/h4H2,1-3H3. The van der Waals surface area contributed by atoms with E-state index in [9.17, 15) is 61.9 Å². The van der Waals surface area contributed by atoms with Crippen molar-refractivity contribution in [2.45, 2.75) is 63.0 Å². The maximum absolute atomic E-state index is 13.4. The lowest BCUT2D eigenvalue weighted by molar-refractivity contribution is -0.439. The van der Waals surface area contributed by atoms with E-state index in [1.165, 1.54) is 0 Å². The molecule has 0 saturated carbocycles. The van der Waals surface area contributed by atoms with Gasteiger partial charge in [-0.1, -0.05) is 20.8 Å². The highest BCUT2D eigenvalue weighted by Gasteiger charge is 2.90. The molecule has 0 aromatic carbocycles. The van der Waals surface area contributed by atoms with Gasteiger partial charge >= 0.3 is 35.8 Å². The topological polar surface area (TPSA) is 17.1 Å². The predicted molar refractivity (Wildman–Crippen MR) is 59.9 cm³/mol. The van der Waals surface area contributed by atoms with Crippen LogP contribution in [0.25, 0.3) is 0 Å². The second-order valence-corrected chi connectivity index (χ2v) is 6.35. The van der Waals surface area contributed by atoms with Gasteiger partial charge in [-0.25, -0.2) is 0 Å². The van der Waals surface area contributed by atoms with Crippen molar-refractivity contribution in [2.24, 2.45) is 5.41 Å². The second kappa shape index (κ2) is 6.14. The van der Waals surface area contributed by atoms with Crippen LogP contribution in [0.1, 0.15) is 27.2 Å². The molecule has 0 heterocycles. The number of carbonyl (C=O) groups is 1. The van der Waals surface area contributed by atoms with E-state index >= 15 is 0 Å². The van der Waals surface area contributed by atoms with Gasteiger partial charge in [0.2, 0.25) is 0 Å². The lowest BCUT2D eigenvalue weighted by Gasteiger charge is -2.40. The SMILES string of the molecule is CC(C)(C)C(=O)CC(F)(F)C(F)(F)C(F)(F)C(F)(F)C(F)(F)C(F)(F)F. The van der Waals surface area contributed by atoms with Crippen LogP contribution in [-0.2, 0) is 4.79 Å². The summed E-state index contributed by atoms with van der Waals surface area (Å²) < 4.78 is 166. The van der Waals surface area contributed by atoms with Crippen molar-refractivity contribution in [3.8, 4) is 0 Å². The van der Waals surface area contributed by atoms with E-state index in [1.807, 2.05) is 0 Å². The number of ketones is 1. The molecular formula is C12H11F13O. The summed E-state index contributed by atoms with van der Waals surface area (Å²) in [7, 11) is 0. The van der Waals surface area contributed by atoms with E-state index in [4.69, 9.17) is 0 Å². The summed E-state index contributed by atoms with van der Waals surface area (Å²) in [4.78, 5) is 11.3. The molecule has 0 radical (unpaired) electrons. The monoisotopic (exact) mass is 418 g/mol. The lowest BCUT2D eigenvalue weighted by atomic mass is 9.84. The predicted octanol–water partition coefficient (Wildman–Crippen LogP) is 5.73. The number of carbonyl (C=O) groups excluding carboxylic acids is 1. The highest BCUT2D eigenvalue weighted by Crippen LogP contribution is 2.60. The van der Waals surface area contributed by atoms with E-state index < -0.39 is 53.4 Å². The molecule has 0 saturated heterocycles. The molecular weight excluding hydrogens is 407 g/mol. The summed E-state index contributed by atoms with van der Waals surface area (Å²) in [6.45, 7) is 2.57. The molecule has 0 rings (SSSR count). The number of Topliss-reactive ketones (excluding diaryl/α,β-unsaturated/α-hetero) is 1. The number of hydrogen-bond donors (Lipinski definition) is 0. The molecule has 26 heavy (non-hydrogen) atoms. The Morgan fingerprint density at radius 1 is 0.577 bits per heavy atom. The van der Waals surface area contributed by atoms with E-state index in [0.717, 1.165) is 20.8 Å². The summed E-state index contributed by atoms with van der Waals surface area (Å²) in [6.07, 6.45) is -10.3. The van der Waals surface area contributed by atoms with Crippen molar-refractivity contribution < 1.29 is 61.9 Å². The van der Waals surface area contributed by atoms with Gasteiger partial charge < -0.3 is 0 Å². The van der Waals surface area contributed by atoms with Gasteiger partial charge in [0.1, 0.15) is 5.78 Å². The fourth-order valence-electron chi connectivity index (χ4n) is 1.38. The van der Waals surface area contributed by atoms with E-state index in [-0.39, 0.29) is 0 Å². The molecule has 0 N–H and O–H groups in total. The van der Waals surface area contributed by atoms with Crippen LogP contribution in [0.4, 0.5) is 57.1 Å². The number of rotatable bonds is 6. The zero-order valence-electron chi connectivity index (χ0n) is 13.0. The summed E-state index contributed by atoms with van der Waals surface area (Å²) >= 11 is 0. The van der Waals surface area contributed by atoms with Crippen LogP contribution in [0, 0.1) is 5.41 Å². The molecule has 0 fully saturated rings. The summed E-state index contributed by atoms with van der Waals surface area (Å²) in [5.74, 6) is -39.2. The maximum Gasteiger partial charge on any atom is 0.460 e. The second-order valence-electron chi connectivity index (χ2n) is 6.35. The third-order valence-corrected chi connectivity index (χ3v) is 3.22. The maximum atomic E-state index is 13.4. The van der Waals surface area contributed by atoms with E-state index in [2.05, 4.69) is 0 Å². The summed E-state index contributed by atoms with van der Waals surface area (Å²) in [5.41, 5.74) is -1.85. The quantitative estimate of drug-likeness (QED) is 0.504. The van der Waals surface area contributed by atoms with Gasteiger partial charge in [-0.3, -0.25) is 4.79 Å². The van der Waals surface area contributed by atoms with Gasteiger partial charge in [0.05, 0.1) is 6.42 Å². The van der Waals surface area contributed by atoms with E-state index in [0.29, 0.717) is 0 Å². The van der Waals surface area contributed by atoms with E-state index in [1.54, 1.807) is 0 Å². The third-order valence-electron chi connectivity index (χ3n) is 3.22. The van der Waals surface area contributed by atoms with Crippen molar-refractivity contribution in [3.63, 3.8) is 0 Å². The summed E-state index contributed by atoms with van der Waals surface area (Å²) in [6, 6.07) is 0. The molecule has 0 aliphatic carbocycles. The average Bonchev–Trinajstić information content (AvgIpc) is 2.34. The minimum atomic E-state index is -7.95. The smallest absolute Gasteiger partial charge is 0.299 e. The molecule has 0 amide bonds. The molecule has 1 nitrogen and oxygen atoms in total. The van der Waals surface area contributed by atoms with Gasteiger partial charge in [-0.05, 0) is 0 Å². The number of hydrogen-bond acceptors (Lipinski definition) is 1. The fourth-order valence-corrected chi connectivity index (χ4v) is 1.38. The van der Waals surface area contributed by atoms with Crippen LogP contribution < -0.4 is 0 Å². The number of halogens is 13. The first kappa shape index (κ1) is 24.8. The normalized spacial score (nSPS) is 16.0. The summed E-state index contributed by atoms with van der Waals surface area (Å²) in [5, 5.41) is 0. The van der Waals surface area contributed by atoms with Crippen LogP contribution in [0.3, 0.4) is 0 Å². The molecule has 0 aromatic heterocycles. The van der Waals surface area contributed by atoms with Crippen LogP contribution in [0.15, 0.2) is 0 Å². The third kappa shape index (κ3) is 3.59. The molecule has 156 valence electrons. The Hall–Kier alpha value is -1.24. The zero-order valence-corrected chi connectivity index (χ0v) is 13.0. The Morgan fingerprint density at radius 2 is 0.885 bits per heavy atom. The molecule has 0 unspecified atom stereocenters. The molecule has 0 bridgehead atoms. The molecule has 0 aromatic rings. The number of alkyl halides is 13. The van der Waals surface area contributed by atoms with Crippen LogP contribution in [-0.4, -0.2) is 41.6 Å². The first-order chi connectivity index (χ1) is 10.9.